The van der Waals surface area contributed by atoms with Crippen molar-refractivity contribution >= 4 is 5.52 Å². The predicted molar refractivity (Wildman–Crippen MR) is 61.2 cm³/mol. The number of aromatic nitrogens is 4. The van der Waals surface area contributed by atoms with E-state index in [0.29, 0.717) is 11.3 Å². The van der Waals surface area contributed by atoms with Crippen molar-refractivity contribution in [2.75, 3.05) is 0 Å². The molecule has 0 saturated carbocycles. The Morgan fingerprint density at radius 3 is 2.82 bits per heavy atom. The van der Waals surface area contributed by atoms with Crippen molar-refractivity contribution in [2.24, 2.45) is 0 Å². The first-order valence-corrected chi connectivity index (χ1v) is 5.16. The van der Waals surface area contributed by atoms with E-state index in [1.165, 1.54) is 10.7 Å². The Hall–Kier alpha value is -2.56. The van der Waals surface area contributed by atoms with Gasteiger partial charge in [0.15, 0.2) is 0 Å². The maximum atomic E-state index is 11.8. The third-order valence-electron chi connectivity index (χ3n) is 2.46. The quantitative estimate of drug-likeness (QED) is 0.616. The molecule has 2 aromatic heterocycles. The molecule has 0 saturated heterocycles. The number of nitrogens with zero attached hydrogens (tertiary/aromatic N) is 3. The lowest BCUT2D eigenvalue weighted by Crippen LogP contribution is -2.34. The zero-order valence-corrected chi connectivity index (χ0v) is 8.87. The lowest BCUT2D eigenvalue weighted by molar-refractivity contribution is -0.581. The molecule has 17 heavy (non-hydrogen) atoms. The Balaban J connectivity index is 2.30. The van der Waals surface area contributed by atoms with E-state index in [9.17, 15) is 4.79 Å². The summed E-state index contributed by atoms with van der Waals surface area (Å²) in [5, 5.41) is 4.33. The average Bonchev–Trinajstić information content (AvgIpc) is 2.40. The first-order valence-electron chi connectivity index (χ1n) is 5.16. The number of benzene rings is 1. The largest absolute Gasteiger partial charge is 0.326 e. The Morgan fingerprint density at radius 2 is 2.00 bits per heavy atom. The highest BCUT2D eigenvalue weighted by Gasteiger charge is 2.12. The molecule has 0 aliphatic rings. The first kappa shape index (κ1) is 9.65. The van der Waals surface area contributed by atoms with Crippen LogP contribution < -0.4 is 10.1 Å². The summed E-state index contributed by atoms with van der Waals surface area (Å²) in [6.07, 6.45) is 4.73. The fourth-order valence-corrected chi connectivity index (χ4v) is 1.63. The average molecular weight is 225 g/mol. The van der Waals surface area contributed by atoms with Crippen molar-refractivity contribution < 1.29 is 4.52 Å². The summed E-state index contributed by atoms with van der Waals surface area (Å²) in [4.78, 5) is 18.5. The molecule has 3 aromatic rings. The van der Waals surface area contributed by atoms with Crippen molar-refractivity contribution in [1.82, 2.24) is 15.1 Å². The highest BCUT2D eigenvalue weighted by Crippen LogP contribution is 2.10. The third kappa shape index (κ3) is 1.67. The monoisotopic (exact) mass is 225 g/mol. The molecule has 0 unspecified atom stereocenters. The molecule has 5 heteroatoms. The van der Waals surface area contributed by atoms with Crippen molar-refractivity contribution in [1.29, 1.82) is 0 Å². The van der Waals surface area contributed by atoms with Crippen molar-refractivity contribution in [3.05, 3.63) is 59.3 Å². The van der Waals surface area contributed by atoms with Crippen LogP contribution in [0.4, 0.5) is 0 Å². The number of rotatable bonds is 1. The van der Waals surface area contributed by atoms with Crippen LogP contribution in [0, 0.1) is 0 Å². The number of hydrogen-bond donors (Lipinski definition) is 1. The molecular weight excluding hydrogens is 216 g/mol. The lowest BCUT2D eigenvalue weighted by atomic mass is 10.2. The maximum absolute atomic E-state index is 11.8. The minimum absolute atomic E-state index is 0.202. The van der Waals surface area contributed by atoms with Crippen LogP contribution in [0.3, 0.4) is 0 Å². The Bertz CT molecular complexity index is 721. The van der Waals surface area contributed by atoms with Crippen LogP contribution in [0.1, 0.15) is 0 Å². The normalized spacial score (nSPS) is 10.6. The van der Waals surface area contributed by atoms with Gasteiger partial charge in [0.05, 0.1) is 6.20 Å². The van der Waals surface area contributed by atoms with E-state index in [-0.39, 0.29) is 5.56 Å². The van der Waals surface area contributed by atoms with Crippen LogP contribution in [-0.4, -0.2) is 15.1 Å². The van der Waals surface area contributed by atoms with Gasteiger partial charge in [-0.2, -0.15) is 0 Å². The smallest absolute Gasteiger partial charge is 0.296 e. The van der Waals surface area contributed by atoms with Gasteiger partial charge in [0, 0.05) is 10.7 Å². The molecule has 1 N–H and O–H groups in total. The molecule has 0 fully saturated rings. The molecule has 3 rings (SSSR count). The minimum atomic E-state index is -0.202. The van der Waals surface area contributed by atoms with Crippen molar-refractivity contribution in [3.63, 3.8) is 0 Å². The molecule has 0 spiro atoms. The highest BCUT2D eigenvalue weighted by atomic mass is 16.1. The third-order valence-corrected chi connectivity index (χ3v) is 2.46. The molecule has 2 heterocycles. The predicted octanol–water partition coefficient (Wildman–Crippen LogP) is 0.571. The molecule has 0 aliphatic carbocycles. The van der Waals surface area contributed by atoms with Gasteiger partial charge < -0.3 is 0 Å². The topological polar surface area (TPSA) is 62.7 Å². The summed E-state index contributed by atoms with van der Waals surface area (Å²) in [6.45, 7) is 0. The summed E-state index contributed by atoms with van der Waals surface area (Å²) in [5.41, 5.74) is 1.09. The number of hydrogen-bond acceptors (Lipinski definition) is 3. The second-order valence-corrected chi connectivity index (χ2v) is 3.57. The summed E-state index contributed by atoms with van der Waals surface area (Å²) in [5.74, 6) is 0.541. The number of H-pyrrole nitrogens is 1. The molecule has 0 radical (unpaired) electrons. The highest BCUT2D eigenvalue weighted by molar-refractivity contribution is 5.53. The summed E-state index contributed by atoms with van der Waals surface area (Å²) >= 11 is 0. The lowest BCUT2D eigenvalue weighted by Gasteiger charge is -1.96. The molecule has 0 aliphatic heterocycles. The van der Waals surface area contributed by atoms with E-state index in [1.807, 2.05) is 30.3 Å². The zero-order chi connectivity index (χ0) is 11.7. The Morgan fingerprint density at radius 1 is 1.18 bits per heavy atom. The van der Waals surface area contributed by atoms with Crippen LogP contribution in [0.15, 0.2) is 53.7 Å². The zero-order valence-electron chi connectivity index (χ0n) is 8.87. The molecule has 5 nitrogen and oxygen atoms in total. The van der Waals surface area contributed by atoms with Gasteiger partial charge in [0.2, 0.25) is 12.0 Å². The van der Waals surface area contributed by atoms with Crippen LogP contribution in [0.2, 0.25) is 0 Å². The number of fused-ring (bicyclic) bond motifs is 1. The van der Waals surface area contributed by atoms with Crippen LogP contribution in [0.5, 0.6) is 0 Å². The molecule has 82 valence electrons. The van der Waals surface area contributed by atoms with Crippen molar-refractivity contribution in [2.45, 2.75) is 0 Å². The van der Waals surface area contributed by atoms with E-state index >= 15 is 0 Å². The van der Waals surface area contributed by atoms with Gasteiger partial charge >= 0.3 is 11.1 Å². The van der Waals surface area contributed by atoms with E-state index in [1.54, 1.807) is 12.4 Å². The second-order valence-electron chi connectivity index (χ2n) is 3.57. The first-order chi connectivity index (χ1) is 8.34. The fourth-order valence-electron chi connectivity index (χ4n) is 1.63. The molecule has 0 bridgehead atoms. The fraction of sp³-hybridized carbons (Fsp3) is 0. The van der Waals surface area contributed by atoms with E-state index in [2.05, 4.69) is 15.1 Å². The van der Waals surface area contributed by atoms with Crippen LogP contribution in [-0.2, 0) is 0 Å². The minimum Gasteiger partial charge on any atom is -0.296 e. The SMILES string of the molecule is O=c1[nH]c(-c2ccccc2)n[n+]2ccncc12. The van der Waals surface area contributed by atoms with E-state index in [4.69, 9.17) is 0 Å². The maximum Gasteiger partial charge on any atom is 0.326 e. The van der Waals surface area contributed by atoms with Gasteiger partial charge in [-0.15, -0.1) is 0 Å². The van der Waals surface area contributed by atoms with Gasteiger partial charge in [-0.25, -0.2) is 0 Å². The molecular formula is C12H9N4O+. The standard InChI is InChI=1S/C12H8N4O/c17-12-10-8-13-6-7-16(10)15-11(14-12)9-4-2-1-3-5-9/h1-8H/p+1. The Labute approximate surface area is 96.4 Å². The van der Waals surface area contributed by atoms with Gasteiger partial charge in [0.25, 0.3) is 0 Å². The van der Waals surface area contributed by atoms with Gasteiger partial charge in [-0.3, -0.25) is 14.8 Å². The summed E-state index contributed by atoms with van der Waals surface area (Å²) < 4.78 is 1.52. The van der Waals surface area contributed by atoms with E-state index in [0.717, 1.165) is 5.56 Å². The van der Waals surface area contributed by atoms with Gasteiger partial charge in [-0.05, 0) is 4.52 Å². The van der Waals surface area contributed by atoms with E-state index < -0.39 is 0 Å². The Kier molecular flexibility index (Phi) is 2.15. The van der Waals surface area contributed by atoms with Gasteiger partial charge in [0.1, 0.15) is 6.20 Å². The molecule has 0 atom stereocenters. The summed E-state index contributed by atoms with van der Waals surface area (Å²) in [7, 11) is 0. The van der Waals surface area contributed by atoms with Crippen molar-refractivity contribution in [3.8, 4) is 11.4 Å². The van der Waals surface area contributed by atoms with Gasteiger partial charge in [-0.1, -0.05) is 30.3 Å². The van der Waals surface area contributed by atoms with Crippen LogP contribution in [0.25, 0.3) is 16.9 Å². The molecule has 1 aromatic carbocycles. The summed E-state index contributed by atoms with van der Waals surface area (Å²) in [6, 6.07) is 9.50. The van der Waals surface area contributed by atoms with Crippen LogP contribution >= 0.6 is 0 Å². The molecule has 0 amide bonds. The second kappa shape index (κ2) is 3.79. The number of nitrogens with one attached hydrogen (secondary N) is 1. The number of aromatic amines is 1.